The number of morpholine rings is 1. The van der Waals surface area contributed by atoms with Crippen LogP contribution in [-0.4, -0.2) is 66.1 Å². The summed E-state index contributed by atoms with van der Waals surface area (Å²) in [5.74, 6) is 3.53. The highest BCUT2D eigenvalue weighted by Gasteiger charge is 2.23. The predicted molar refractivity (Wildman–Crippen MR) is 118 cm³/mol. The second kappa shape index (κ2) is 8.79. The van der Waals surface area contributed by atoms with Crippen LogP contribution in [0.5, 0.6) is 0 Å². The van der Waals surface area contributed by atoms with Crippen LogP contribution in [0, 0.1) is 5.92 Å². The topological polar surface area (TPSA) is 79.3 Å². The number of ether oxygens (including phenoxy) is 1. The molecule has 3 aromatic heterocycles. The van der Waals surface area contributed by atoms with E-state index >= 15 is 0 Å². The zero-order valence-electron chi connectivity index (χ0n) is 17.1. The molecule has 30 heavy (non-hydrogen) atoms. The summed E-state index contributed by atoms with van der Waals surface area (Å²) in [4.78, 5) is 14.4. The highest BCUT2D eigenvalue weighted by Crippen LogP contribution is 2.31. The number of hydrogen-bond donors (Lipinski definition) is 1. The number of fused-ring (bicyclic) bond motifs is 1. The second-order valence-electron chi connectivity index (χ2n) is 7.89. The Bertz CT molecular complexity index is 970. The summed E-state index contributed by atoms with van der Waals surface area (Å²) in [5.41, 5.74) is 1.01. The molecule has 156 valence electrons. The molecule has 0 saturated carbocycles. The molecule has 2 aliphatic heterocycles. The van der Waals surface area contributed by atoms with Gasteiger partial charge in [0.2, 0.25) is 0 Å². The molecule has 2 aliphatic rings. The van der Waals surface area contributed by atoms with E-state index < -0.39 is 0 Å². The SMILES string of the molecule is c1cnnc(NCC2CCN(c3nc(N4CCOCC4)cc4ncccc34)CC2)c1. The van der Waals surface area contributed by atoms with Crippen molar-refractivity contribution >= 4 is 28.4 Å². The largest absolute Gasteiger partial charge is 0.378 e. The summed E-state index contributed by atoms with van der Waals surface area (Å²) >= 11 is 0. The van der Waals surface area contributed by atoms with E-state index in [2.05, 4.69) is 42.4 Å². The highest BCUT2D eigenvalue weighted by atomic mass is 16.5. The molecule has 1 N–H and O–H groups in total. The monoisotopic (exact) mass is 405 g/mol. The highest BCUT2D eigenvalue weighted by molar-refractivity contribution is 5.91. The minimum Gasteiger partial charge on any atom is -0.378 e. The third kappa shape index (κ3) is 4.14. The van der Waals surface area contributed by atoms with Gasteiger partial charge in [-0.3, -0.25) is 4.98 Å². The van der Waals surface area contributed by atoms with E-state index in [0.29, 0.717) is 5.92 Å². The van der Waals surface area contributed by atoms with Gasteiger partial charge in [-0.25, -0.2) is 4.98 Å². The van der Waals surface area contributed by atoms with Crippen LogP contribution >= 0.6 is 0 Å². The molecule has 2 saturated heterocycles. The first kappa shape index (κ1) is 19.0. The minimum absolute atomic E-state index is 0.620. The Morgan fingerprint density at radius 3 is 2.63 bits per heavy atom. The van der Waals surface area contributed by atoms with Gasteiger partial charge < -0.3 is 19.9 Å². The fraction of sp³-hybridized carbons (Fsp3) is 0.455. The van der Waals surface area contributed by atoms with Gasteiger partial charge >= 0.3 is 0 Å². The molecule has 2 fully saturated rings. The second-order valence-corrected chi connectivity index (χ2v) is 7.89. The normalized spacial score (nSPS) is 18.0. The number of pyridine rings is 2. The van der Waals surface area contributed by atoms with Crippen molar-refractivity contribution in [3.63, 3.8) is 0 Å². The molecule has 0 amide bonds. The van der Waals surface area contributed by atoms with Crippen molar-refractivity contribution in [1.29, 1.82) is 0 Å². The Morgan fingerprint density at radius 2 is 1.83 bits per heavy atom. The smallest absolute Gasteiger partial charge is 0.148 e. The van der Waals surface area contributed by atoms with Gasteiger partial charge in [-0.2, -0.15) is 5.10 Å². The van der Waals surface area contributed by atoms with Crippen LogP contribution in [-0.2, 0) is 4.74 Å². The van der Waals surface area contributed by atoms with Gasteiger partial charge in [-0.1, -0.05) is 0 Å². The predicted octanol–water partition coefficient (Wildman–Crippen LogP) is 2.58. The summed E-state index contributed by atoms with van der Waals surface area (Å²) in [6, 6.07) is 10.1. The van der Waals surface area contributed by atoms with Gasteiger partial charge in [0.1, 0.15) is 17.5 Å². The molecule has 0 spiro atoms. The fourth-order valence-electron chi connectivity index (χ4n) is 4.23. The lowest BCUT2D eigenvalue weighted by molar-refractivity contribution is 0.122. The van der Waals surface area contributed by atoms with Crippen LogP contribution in [0.1, 0.15) is 12.8 Å². The van der Waals surface area contributed by atoms with Gasteiger partial charge in [0.05, 0.1) is 18.7 Å². The van der Waals surface area contributed by atoms with Crippen molar-refractivity contribution in [1.82, 2.24) is 20.2 Å². The van der Waals surface area contributed by atoms with Crippen molar-refractivity contribution in [3.05, 3.63) is 42.7 Å². The van der Waals surface area contributed by atoms with Crippen LogP contribution in [0.15, 0.2) is 42.7 Å². The number of rotatable bonds is 5. The van der Waals surface area contributed by atoms with Gasteiger partial charge in [-0.05, 0) is 43.0 Å². The quantitative estimate of drug-likeness (QED) is 0.694. The molecule has 0 aliphatic carbocycles. The number of nitrogens with one attached hydrogen (secondary N) is 1. The number of hydrogen-bond acceptors (Lipinski definition) is 8. The van der Waals surface area contributed by atoms with Gasteiger partial charge in [-0.15, -0.1) is 5.10 Å². The lowest BCUT2D eigenvalue weighted by Crippen LogP contribution is -2.38. The summed E-state index contributed by atoms with van der Waals surface area (Å²) in [6.07, 6.45) is 5.80. The molecule has 0 aromatic carbocycles. The lowest BCUT2D eigenvalue weighted by Gasteiger charge is -2.35. The number of piperidine rings is 1. The minimum atomic E-state index is 0.620. The van der Waals surface area contributed by atoms with Crippen LogP contribution in [0.3, 0.4) is 0 Å². The first-order chi connectivity index (χ1) is 14.9. The zero-order valence-corrected chi connectivity index (χ0v) is 17.1. The Balaban J connectivity index is 1.31. The maximum Gasteiger partial charge on any atom is 0.148 e. The van der Waals surface area contributed by atoms with Gasteiger partial charge in [0.25, 0.3) is 0 Å². The van der Waals surface area contributed by atoms with E-state index in [-0.39, 0.29) is 0 Å². The van der Waals surface area contributed by atoms with Crippen molar-refractivity contribution in [2.75, 3.05) is 61.1 Å². The molecule has 3 aromatic rings. The fourth-order valence-corrected chi connectivity index (χ4v) is 4.23. The van der Waals surface area contributed by atoms with Crippen molar-refractivity contribution in [2.45, 2.75) is 12.8 Å². The third-order valence-electron chi connectivity index (χ3n) is 5.96. The van der Waals surface area contributed by atoms with Crippen LogP contribution < -0.4 is 15.1 Å². The molecule has 0 unspecified atom stereocenters. The van der Waals surface area contributed by atoms with E-state index in [0.717, 1.165) is 87.1 Å². The van der Waals surface area contributed by atoms with Crippen LogP contribution in [0.2, 0.25) is 0 Å². The Labute approximate surface area is 176 Å². The Hall–Kier alpha value is -3.00. The van der Waals surface area contributed by atoms with Gasteiger partial charge in [0, 0.05) is 56.6 Å². The molecule has 8 nitrogen and oxygen atoms in total. The molecule has 0 radical (unpaired) electrons. The molecule has 0 bridgehead atoms. The molecule has 5 rings (SSSR count). The van der Waals surface area contributed by atoms with E-state index in [1.807, 2.05) is 24.4 Å². The van der Waals surface area contributed by atoms with E-state index in [9.17, 15) is 0 Å². The zero-order chi connectivity index (χ0) is 20.2. The third-order valence-corrected chi connectivity index (χ3v) is 5.96. The van der Waals surface area contributed by atoms with Crippen molar-refractivity contribution < 1.29 is 4.74 Å². The Morgan fingerprint density at radius 1 is 1.00 bits per heavy atom. The summed E-state index contributed by atoms with van der Waals surface area (Å²) in [6.45, 7) is 6.17. The summed E-state index contributed by atoms with van der Waals surface area (Å²) in [5, 5.41) is 12.6. The molecular formula is C22H27N7O. The molecule has 0 atom stereocenters. The number of nitrogens with zero attached hydrogens (tertiary/aromatic N) is 6. The summed E-state index contributed by atoms with van der Waals surface area (Å²) < 4.78 is 5.51. The van der Waals surface area contributed by atoms with Crippen LogP contribution in [0.25, 0.3) is 10.9 Å². The van der Waals surface area contributed by atoms with E-state index in [1.54, 1.807) is 6.20 Å². The molecule has 5 heterocycles. The first-order valence-corrected chi connectivity index (χ1v) is 10.7. The van der Waals surface area contributed by atoms with Crippen LogP contribution in [0.4, 0.5) is 17.5 Å². The first-order valence-electron chi connectivity index (χ1n) is 10.7. The van der Waals surface area contributed by atoms with Gasteiger partial charge in [0.15, 0.2) is 0 Å². The average molecular weight is 406 g/mol. The number of aromatic nitrogens is 4. The lowest BCUT2D eigenvalue weighted by atomic mass is 9.96. The molecule has 8 heteroatoms. The van der Waals surface area contributed by atoms with E-state index in [1.165, 1.54) is 0 Å². The summed E-state index contributed by atoms with van der Waals surface area (Å²) in [7, 11) is 0. The maximum absolute atomic E-state index is 5.51. The van der Waals surface area contributed by atoms with Crippen molar-refractivity contribution in [3.8, 4) is 0 Å². The average Bonchev–Trinajstić information content (AvgIpc) is 2.83. The molecular weight excluding hydrogens is 378 g/mol. The van der Waals surface area contributed by atoms with E-state index in [4.69, 9.17) is 9.72 Å². The Kier molecular flexibility index (Phi) is 5.56. The number of anilines is 3. The maximum atomic E-state index is 5.51. The van der Waals surface area contributed by atoms with Crippen molar-refractivity contribution in [2.24, 2.45) is 5.92 Å². The standard InChI is InChI=1S/C22H27N7O/c1-3-18-19(23-7-1)15-21(28-11-13-30-14-12-28)26-22(18)29-9-5-17(6-10-29)16-24-20-4-2-8-25-27-20/h1-4,7-8,15,17H,5-6,9-14,16H2,(H,24,27).